The largest absolute Gasteiger partial charge is 0.292 e. The van der Waals surface area contributed by atoms with Gasteiger partial charge in [-0.2, -0.15) is 0 Å². The van der Waals surface area contributed by atoms with Crippen LogP contribution in [-0.4, -0.2) is 14.4 Å². The van der Waals surface area contributed by atoms with Crippen molar-refractivity contribution in [3.63, 3.8) is 0 Å². The summed E-state index contributed by atoms with van der Waals surface area (Å²) in [7, 11) is 0. The zero-order valence-corrected chi connectivity index (χ0v) is 25.3. The highest BCUT2D eigenvalue weighted by molar-refractivity contribution is 6.19. The smallest absolute Gasteiger partial charge is 0.147 e. The van der Waals surface area contributed by atoms with Gasteiger partial charge >= 0.3 is 0 Å². The molecule has 7 aromatic carbocycles. The van der Waals surface area contributed by atoms with Crippen LogP contribution in [0.2, 0.25) is 0 Å². The predicted octanol–water partition coefficient (Wildman–Crippen LogP) is 11.5. The number of nitrogens with zero attached hydrogens (tertiary/aromatic N) is 3. The van der Waals surface area contributed by atoms with Gasteiger partial charge < -0.3 is 0 Å². The van der Waals surface area contributed by atoms with E-state index in [-0.39, 0.29) is 0 Å². The zero-order chi connectivity index (χ0) is 30.6. The molecule has 0 atom stereocenters. The van der Waals surface area contributed by atoms with Crippen molar-refractivity contribution in [2.75, 3.05) is 0 Å². The molecule has 0 bridgehead atoms. The Morgan fingerprint density at radius 3 is 2.00 bits per heavy atom. The van der Waals surface area contributed by atoms with Crippen molar-refractivity contribution in [3.05, 3.63) is 152 Å². The van der Waals surface area contributed by atoms with Crippen molar-refractivity contribution in [3.8, 4) is 44.5 Å². The van der Waals surface area contributed by atoms with E-state index in [2.05, 4.69) is 156 Å². The van der Waals surface area contributed by atoms with E-state index >= 15 is 0 Å². The molecule has 0 saturated carbocycles. The number of pyridine rings is 2. The Morgan fingerprint density at radius 1 is 0.383 bits per heavy atom. The highest BCUT2D eigenvalue weighted by atomic mass is 15.0. The van der Waals surface area contributed by atoms with Gasteiger partial charge in [0.15, 0.2) is 0 Å². The van der Waals surface area contributed by atoms with Gasteiger partial charge in [0.2, 0.25) is 0 Å². The van der Waals surface area contributed by atoms with Crippen LogP contribution in [0.4, 0.5) is 0 Å². The van der Waals surface area contributed by atoms with Crippen LogP contribution in [0.5, 0.6) is 0 Å². The monoisotopic (exact) mass is 595 g/mol. The second kappa shape index (κ2) is 9.12. The molecule has 0 saturated heterocycles. The van der Waals surface area contributed by atoms with E-state index in [4.69, 9.17) is 9.97 Å². The SMILES string of the molecule is c1cc(-c2ccc3c4nc5ccccc5cc4c4nc5ccccc5n4c3c2)cc(-c2ccc3c4c(cccc24)-c2ccccc2-3)c1. The summed E-state index contributed by atoms with van der Waals surface area (Å²) in [6, 6.07) is 54.9. The van der Waals surface area contributed by atoms with Crippen molar-refractivity contribution >= 4 is 60.2 Å². The maximum atomic E-state index is 5.19. The number of aromatic nitrogens is 3. The van der Waals surface area contributed by atoms with Gasteiger partial charge in [0, 0.05) is 16.2 Å². The molecule has 47 heavy (non-hydrogen) atoms. The van der Waals surface area contributed by atoms with Gasteiger partial charge in [-0.15, -0.1) is 0 Å². The van der Waals surface area contributed by atoms with Gasteiger partial charge in [-0.05, 0) is 91.7 Å². The Balaban J connectivity index is 1.14. The Labute approximate surface area is 270 Å². The van der Waals surface area contributed by atoms with Crippen molar-refractivity contribution in [1.29, 1.82) is 0 Å². The predicted molar refractivity (Wildman–Crippen MR) is 196 cm³/mol. The molecule has 1 aliphatic rings. The minimum Gasteiger partial charge on any atom is -0.292 e. The first-order valence-electron chi connectivity index (χ1n) is 16.1. The highest BCUT2D eigenvalue weighted by Crippen LogP contribution is 2.49. The van der Waals surface area contributed by atoms with Crippen LogP contribution in [0, 0.1) is 0 Å². The molecule has 3 aromatic heterocycles. The lowest BCUT2D eigenvalue weighted by Crippen LogP contribution is -1.94. The number of benzene rings is 7. The van der Waals surface area contributed by atoms with Crippen molar-refractivity contribution in [1.82, 2.24) is 14.4 Å². The molecule has 0 spiro atoms. The first-order chi connectivity index (χ1) is 23.3. The van der Waals surface area contributed by atoms with Crippen LogP contribution in [0.3, 0.4) is 0 Å². The number of imidazole rings is 1. The molecule has 3 nitrogen and oxygen atoms in total. The fourth-order valence-electron chi connectivity index (χ4n) is 7.97. The average molecular weight is 596 g/mol. The molecule has 216 valence electrons. The van der Waals surface area contributed by atoms with Crippen molar-refractivity contribution < 1.29 is 0 Å². The molecule has 0 N–H and O–H groups in total. The normalized spacial score (nSPS) is 12.3. The zero-order valence-electron chi connectivity index (χ0n) is 25.3. The molecular weight excluding hydrogens is 571 g/mol. The minimum absolute atomic E-state index is 0.937. The highest BCUT2D eigenvalue weighted by Gasteiger charge is 2.22. The lowest BCUT2D eigenvalue weighted by atomic mass is 9.92. The molecule has 0 fully saturated rings. The summed E-state index contributed by atoms with van der Waals surface area (Å²) < 4.78 is 2.32. The minimum atomic E-state index is 0.937. The van der Waals surface area contributed by atoms with E-state index in [0.717, 1.165) is 55.0 Å². The summed E-state index contributed by atoms with van der Waals surface area (Å²) in [6.45, 7) is 0. The molecule has 0 radical (unpaired) electrons. The molecule has 0 unspecified atom stereocenters. The summed E-state index contributed by atoms with van der Waals surface area (Å²) in [5.41, 5.74) is 16.2. The van der Waals surface area contributed by atoms with Crippen LogP contribution < -0.4 is 0 Å². The van der Waals surface area contributed by atoms with Gasteiger partial charge in [-0.25, -0.2) is 9.97 Å². The summed E-state index contributed by atoms with van der Waals surface area (Å²) >= 11 is 0. The average Bonchev–Trinajstić information content (AvgIpc) is 3.69. The summed E-state index contributed by atoms with van der Waals surface area (Å²) in [5.74, 6) is 0. The van der Waals surface area contributed by atoms with Crippen LogP contribution >= 0.6 is 0 Å². The first kappa shape index (κ1) is 24.9. The van der Waals surface area contributed by atoms with Crippen molar-refractivity contribution in [2.45, 2.75) is 0 Å². The second-order valence-electron chi connectivity index (χ2n) is 12.6. The summed E-state index contributed by atoms with van der Waals surface area (Å²) in [6.07, 6.45) is 0. The number of para-hydroxylation sites is 3. The third-order valence-corrected chi connectivity index (χ3v) is 10.1. The van der Waals surface area contributed by atoms with Gasteiger partial charge in [0.05, 0.1) is 27.6 Å². The van der Waals surface area contributed by atoms with E-state index in [0.29, 0.717) is 0 Å². The fourth-order valence-corrected chi connectivity index (χ4v) is 7.97. The van der Waals surface area contributed by atoms with Crippen LogP contribution in [0.25, 0.3) is 105 Å². The number of hydrogen-bond acceptors (Lipinski definition) is 2. The standard InChI is InChI=1S/C44H25N3/c1-4-16-38-29(9-1)24-37-43(45-38)36-20-19-27(25-41(36)47-40-18-6-5-17-39(40)46-44(37)47)26-10-7-11-28(23-26)30-21-22-35-32-13-3-2-12-31(32)34-15-8-14-33(30)42(34)35/h1-25H. The first-order valence-corrected chi connectivity index (χ1v) is 16.1. The molecule has 10 aromatic rings. The van der Waals surface area contributed by atoms with E-state index in [1.165, 1.54) is 49.7 Å². The molecule has 1 aliphatic carbocycles. The topological polar surface area (TPSA) is 30.2 Å². The quantitative estimate of drug-likeness (QED) is 0.147. The maximum Gasteiger partial charge on any atom is 0.147 e. The molecule has 0 aliphatic heterocycles. The van der Waals surface area contributed by atoms with Gasteiger partial charge in [-0.1, -0.05) is 115 Å². The molecular formula is C44H25N3. The van der Waals surface area contributed by atoms with E-state index in [9.17, 15) is 0 Å². The molecule has 11 rings (SSSR count). The van der Waals surface area contributed by atoms with Crippen LogP contribution in [-0.2, 0) is 0 Å². The third kappa shape index (κ3) is 3.40. The van der Waals surface area contributed by atoms with Crippen molar-refractivity contribution in [2.24, 2.45) is 0 Å². The third-order valence-electron chi connectivity index (χ3n) is 10.1. The van der Waals surface area contributed by atoms with Crippen LogP contribution in [0.1, 0.15) is 0 Å². The number of hydrogen-bond donors (Lipinski definition) is 0. The Kier molecular flexibility index (Phi) is 4.84. The summed E-state index contributed by atoms with van der Waals surface area (Å²) in [5, 5.41) is 5.95. The molecule has 0 amide bonds. The second-order valence-corrected chi connectivity index (χ2v) is 12.6. The fraction of sp³-hybridized carbons (Fsp3) is 0. The molecule has 3 heteroatoms. The Hall–Kier alpha value is -6.32. The lowest BCUT2D eigenvalue weighted by Gasteiger charge is -2.13. The van der Waals surface area contributed by atoms with E-state index < -0.39 is 0 Å². The summed E-state index contributed by atoms with van der Waals surface area (Å²) in [4.78, 5) is 10.3. The maximum absolute atomic E-state index is 5.19. The number of rotatable bonds is 2. The Morgan fingerprint density at radius 2 is 1.09 bits per heavy atom. The van der Waals surface area contributed by atoms with E-state index in [1.807, 2.05) is 0 Å². The lowest BCUT2D eigenvalue weighted by molar-refractivity contribution is 1.31. The van der Waals surface area contributed by atoms with Gasteiger partial charge in [0.25, 0.3) is 0 Å². The Bertz CT molecular complexity index is 2940. The molecule has 3 heterocycles. The van der Waals surface area contributed by atoms with Crippen LogP contribution in [0.15, 0.2) is 152 Å². The van der Waals surface area contributed by atoms with Gasteiger partial charge in [0.1, 0.15) is 5.65 Å². The van der Waals surface area contributed by atoms with Gasteiger partial charge in [-0.3, -0.25) is 4.40 Å². The van der Waals surface area contributed by atoms with E-state index in [1.54, 1.807) is 0 Å². The number of fused-ring (bicyclic) bond motifs is 12.